The fraction of sp³-hybridized carbons (Fsp3) is 0.643. The van der Waals surface area contributed by atoms with E-state index in [1.165, 1.54) is 11.3 Å². The van der Waals surface area contributed by atoms with Gasteiger partial charge in [-0.05, 0) is 34.4 Å². The number of thiophene rings is 1. The van der Waals surface area contributed by atoms with Gasteiger partial charge in [0, 0.05) is 19.1 Å². The Morgan fingerprint density at radius 1 is 1.50 bits per heavy atom. The van der Waals surface area contributed by atoms with E-state index in [1.54, 1.807) is 0 Å². The van der Waals surface area contributed by atoms with Gasteiger partial charge in [0.15, 0.2) is 5.75 Å². The van der Waals surface area contributed by atoms with Crippen molar-refractivity contribution in [2.24, 2.45) is 0 Å². The Morgan fingerprint density at radius 3 is 2.70 bits per heavy atom. The number of nitrogens with zero attached hydrogens (tertiary/aromatic N) is 3. The summed E-state index contributed by atoms with van der Waals surface area (Å²) in [6.45, 7) is 5.87. The van der Waals surface area contributed by atoms with E-state index in [9.17, 15) is 5.26 Å². The minimum absolute atomic E-state index is 0.0458. The molecule has 0 bridgehead atoms. The van der Waals surface area contributed by atoms with Crippen molar-refractivity contribution >= 4 is 22.0 Å². The monoisotopic (exact) mass is 294 g/mol. The van der Waals surface area contributed by atoms with Gasteiger partial charge in [0.1, 0.15) is 21.6 Å². The maximum Gasteiger partial charge on any atom is 0.178 e. The number of anilines is 2. The Kier molecular flexibility index (Phi) is 4.41. The zero-order valence-electron chi connectivity index (χ0n) is 12.5. The van der Waals surface area contributed by atoms with Gasteiger partial charge in [0.25, 0.3) is 0 Å². The van der Waals surface area contributed by atoms with Crippen molar-refractivity contribution in [1.29, 1.82) is 5.26 Å². The number of hydrogen-bond donors (Lipinski definition) is 1. The highest BCUT2D eigenvalue weighted by atomic mass is 32.1. The van der Waals surface area contributed by atoms with Crippen molar-refractivity contribution in [3.63, 3.8) is 0 Å². The molecule has 2 N–H and O–H groups in total. The molecule has 6 heteroatoms. The van der Waals surface area contributed by atoms with E-state index in [0.29, 0.717) is 22.4 Å². The van der Waals surface area contributed by atoms with Gasteiger partial charge in [0.05, 0.1) is 6.10 Å². The second kappa shape index (κ2) is 5.90. The predicted molar refractivity (Wildman–Crippen MR) is 83.5 cm³/mol. The first-order valence-electron chi connectivity index (χ1n) is 6.84. The van der Waals surface area contributed by atoms with Gasteiger partial charge in [-0.25, -0.2) is 0 Å². The van der Waals surface area contributed by atoms with Gasteiger partial charge in [0.2, 0.25) is 0 Å². The molecule has 5 nitrogen and oxygen atoms in total. The molecule has 0 saturated carbocycles. The van der Waals surface area contributed by atoms with Crippen LogP contribution in [0.25, 0.3) is 0 Å². The summed E-state index contributed by atoms with van der Waals surface area (Å²) in [5.74, 6) is 0.681. The lowest BCUT2D eigenvalue weighted by molar-refractivity contribution is 0.245. The molecular weight excluding hydrogens is 272 g/mol. The van der Waals surface area contributed by atoms with Gasteiger partial charge < -0.3 is 20.3 Å². The predicted octanol–water partition coefficient (Wildman–Crippen LogP) is 2.13. The van der Waals surface area contributed by atoms with E-state index >= 15 is 0 Å². The third-order valence-electron chi connectivity index (χ3n) is 3.52. The van der Waals surface area contributed by atoms with Crippen LogP contribution < -0.4 is 15.4 Å². The lowest BCUT2D eigenvalue weighted by atomic mass is 10.2. The zero-order valence-corrected chi connectivity index (χ0v) is 13.3. The Bertz CT molecular complexity index is 518. The number of hydrogen-bond acceptors (Lipinski definition) is 6. The minimum atomic E-state index is 0.0458. The van der Waals surface area contributed by atoms with Crippen LogP contribution in [0.2, 0.25) is 0 Å². The fourth-order valence-electron chi connectivity index (χ4n) is 2.40. The van der Waals surface area contributed by atoms with Crippen LogP contribution in [-0.4, -0.2) is 44.2 Å². The van der Waals surface area contributed by atoms with Crippen LogP contribution >= 0.6 is 11.3 Å². The van der Waals surface area contributed by atoms with E-state index in [1.807, 2.05) is 13.8 Å². The normalized spacial score (nSPS) is 18.9. The first-order valence-corrected chi connectivity index (χ1v) is 7.66. The molecule has 1 aliphatic heterocycles. The molecule has 1 atom stereocenters. The zero-order chi connectivity index (χ0) is 14.9. The number of nitrogen functional groups attached to an aromatic ring is 1. The van der Waals surface area contributed by atoms with Crippen LogP contribution in [0.5, 0.6) is 5.75 Å². The summed E-state index contributed by atoms with van der Waals surface area (Å²) in [4.78, 5) is 5.07. The second-order valence-electron chi connectivity index (χ2n) is 5.61. The molecule has 1 unspecified atom stereocenters. The molecule has 0 spiro atoms. The molecule has 1 aromatic heterocycles. The van der Waals surface area contributed by atoms with Gasteiger partial charge in [-0.2, -0.15) is 5.26 Å². The lowest BCUT2D eigenvalue weighted by Gasteiger charge is -2.22. The third-order valence-corrected chi connectivity index (χ3v) is 4.67. The van der Waals surface area contributed by atoms with Gasteiger partial charge in [-0.3, -0.25) is 0 Å². The molecule has 110 valence electrons. The maximum atomic E-state index is 9.17. The summed E-state index contributed by atoms with van der Waals surface area (Å²) >= 11 is 1.44. The Labute approximate surface area is 124 Å². The van der Waals surface area contributed by atoms with Crippen LogP contribution in [0.15, 0.2) is 0 Å². The number of likely N-dealkylation sites (N-methyl/N-ethyl adjacent to an activating group) is 1. The van der Waals surface area contributed by atoms with Crippen LogP contribution in [0.3, 0.4) is 0 Å². The highest BCUT2D eigenvalue weighted by Crippen LogP contribution is 2.46. The molecule has 20 heavy (non-hydrogen) atoms. The van der Waals surface area contributed by atoms with E-state index in [-0.39, 0.29) is 6.10 Å². The van der Waals surface area contributed by atoms with Gasteiger partial charge in [-0.15, -0.1) is 11.3 Å². The van der Waals surface area contributed by atoms with E-state index < -0.39 is 0 Å². The smallest absolute Gasteiger partial charge is 0.178 e. The number of rotatable bonds is 4. The van der Waals surface area contributed by atoms with Crippen LogP contribution in [-0.2, 0) is 0 Å². The van der Waals surface area contributed by atoms with E-state index in [2.05, 4.69) is 30.0 Å². The summed E-state index contributed by atoms with van der Waals surface area (Å²) in [5, 5.41) is 10.2. The van der Waals surface area contributed by atoms with Crippen molar-refractivity contribution in [2.75, 3.05) is 37.8 Å². The highest BCUT2D eigenvalue weighted by Gasteiger charge is 2.29. The summed E-state index contributed by atoms with van der Waals surface area (Å²) in [6, 6.07) is 2.70. The molecular formula is C14H22N4OS. The standard InChI is InChI=1S/C14H22N4OS/c1-9(2)19-13-12(16)11(7-15)20-14(13)18-6-5-10(8-18)17(3)4/h9-10H,5-6,8,16H2,1-4H3. The molecule has 1 aromatic rings. The Hall–Kier alpha value is -1.45. The third kappa shape index (κ3) is 2.84. The molecule has 2 rings (SSSR count). The van der Waals surface area contributed by atoms with Crippen molar-refractivity contribution in [3.8, 4) is 11.8 Å². The van der Waals surface area contributed by atoms with E-state index in [4.69, 9.17) is 10.5 Å². The summed E-state index contributed by atoms with van der Waals surface area (Å²) in [7, 11) is 4.20. The molecule has 2 heterocycles. The largest absolute Gasteiger partial charge is 0.486 e. The van der Waals surface area contributed by atoms with Crippen molar-refractivity contribution in [2.45, 2.75) is 32.4 Å². The van der Waals surface area contributed by atoms with Crippen LogP contribution in [0.4, 0.5) is 10.7 Å². The Balaban J connectivity index is 2.29. The van der Waals surface area contributed by atoms with Crippen molar-refractivity contribution < 1.29 is 4.74 Å². The molecule has 1 fully saturated rings. The molecule has 0 amide bonds. The number of nitrogens with two attached hydrogens (primary N) is 1. The SMILES string of the molecule is CC(C)Oc1c(N2CCC(N(C)C)C2)sc(C#N)c1N. The van der Waals surface area contributed by atoms with Crippen molar-refractivity contribution in [3.05, 3.63) is 4.88 Å². The van der Waals surface area contributed by atoms with Crippen LogP contribution in [0, 0.1) is 11.3 Å². The molecule has 0 aliphatic carbocycles. The molecule has 1 saturated heterocycles. The summed E-state index contributed by atoms with van der Waals surface area (Å²) in [6.07, 6.45) is 1.16. The summed E-state index contributed by atoms with van der Waals surface area (Å²) in [5.41, 5.74) is 6.53. The Morgan fingerprint density at radius 2 is 2.20 bits per heavy atom. The maximum absolute atomic E-state index is 9.17. The topological polar surface area (TPSA) is 65.5 Å². The highest BCUT2D eigenvalue weighted by molar-refractivity contribution is 7.17. The first-order chi connectivity index (χ1) is 9.43. The molecule has 0 radical (unpaired) electrons. The number of ether oxygens (including phenoxy) is 1. The fourth-order valence-corrected chi connectivity index (χ4v) is 3.39. The lowest BCUT2D eigenvalue weighted by Crippen LogP contribution is -2.31. The van der Waals surface area contributed by atoms with Crippen molar-refractivity contribution in [1.82, 2.24) is 4.90 Å². The van der Waals surface area contributed by atoms with Gasteiger partial charge >= 0.3 is 0 Å². The van der Waals surface area contributed by atoms with E-state index in [0.717, 1.165) is 24.5 Å². The quantitative estimate of drug-likeness (QED) is 0.921. The second-order valence-corrected chi connectivity index (χ2v) is 6.61. The minimum Gasteiger partial charge on any atom is -0.486 e. The summed E-state index contributed by atoms with van der Waals surface area (Å²) < 4.78 is 5.85. The first kappa shape index (κ1) is 14.9. The molecule has 0 aromatic carbocycles. The average molecular weight is 294 g/mol. The number of nitriles is 1. The molecule has 1 aliphatic rings. The average Bonchev–Trinajstić information content (AvgIpc) is 2.96. The van der Waals surface area contributed by atoms with Crippen LogP contribution in [0.1, 0.15) is 25.1 Å². The van der Waals surface area contributed by atoms with Gasteiger partial charge in [-0.1, -0.05) is 0 Å².